The third kappa shape index (κ3) is 6.59. The molecule has 0 aromatic heterocycles. The zero-order chi connectivity index (χ0) is 14.3. The van der Waals surface area contributed by atoms with Crippen LogP contribution in [0.5, 0.6) is 0 Å². The van der Waals surface area contributed by atoms with E-state index in [1.165, 1.54) is 5.56 Å². The molecular formula is C14H20F3NO. The molecule has 2 N–H and O–H groups in total. The van der Waals surface area contributed by atoms with Crippen LogP contribution in [0.1, 0.15) is 29.9 Å². The Morgan fingerprint density at radius 1 is 1.21 bits per heavy atom. The maximum Gasteiger partial charge on any atom is 0.411 e. The number of aryl methyl sites for hydroxylation is 1. The molecule has 0 saturated carbocycles. The molecule has 1 aromatic carbocycles. The van der Waals surface area contributed by atoms with Gasteiger partial charge in [-0.2, -0.15) is 13.2 Å². The summed E-state index contributed by atoms with van der Waals surface area (Å²) in [6.07, 6.45) is -2.94. The summed E-state index contributed by atoms with van der Waals surface area (Å²) < 4.78 is 40.2. The van der Waals surface area contributed by atoms with Crippen molar-refractivity contribution in [2.45, 2.75) is 31.9 Å². The van der Waals surface area contributed by atoms with E-state index in [0.29, 0.717) is 13.0 Å². The molecule has 1 aromatic rings. The highest BCUT2D eigenvalue weighted by Crippen LogP contribution is 2.21. The van der Waals surface area contributed by atoms with Crippen molar-refractivity contribution < 1.29 is 17.9 Å². The summed E-state index contributed by atoms with van der Waals surface area (Å²) in [6.45, 7) is 1.43. The molecule has 108 valence electrons. The zero-order valence-electron chi connectivity index (χ0n) is 11.0. The second-order valence-electron chi connectivity index (χ2n) is 4.65. The molecule has 0 radical (unpaired) electrons. The Balaban J connectivity index is 2.31. The maximum absolute atomic E-state index is 11.9. The molecule has 2 nitrogen and oxygen atoms in total. The van der Waals surface area contributed by atoms with Crippen LogP contribution in [-0.4, -0.2) is 25.9 Å². The number of alkyl halides is 3. The average Bonchev–Trinajstić information content (AvgIpc) is 2.34. The molecule has 0 bridgehead atoms. The van der Waals surface area contributed by atoms with Gasteiger partial charge < -0.3 is 10.5 Å². The van der Waals surface area contributed by atoms with Crippen LogP contribution in [0.2, 0.25) is 0 Å². The number of halogens is 3. The minimum Gasteiger partial charge on any atom is -0.372 e. The SMILES string of the molecule is Cc1ccc(C(CN)CCCOCC(F)(F)F)cc1. The van der Waals surface area contributed by atoms with E-state index in [9.17, 15) is 13.2 Å². The topological polar surface area (TPSA) is 35.2 Å². The first-order valence-electron chi connectivity index (χ1n) is 6.33. The van der Waals surface area contributed by atoms with E-state index in [1.54, 1.807) is 0 Å². The lowest BCUT2D eigenvalue weighted by Gasteiger charge is -2.15. The van der Waals surface area contributed by atoms with E-state index in [4.69, 9.17) is 5.73 Å². The standard InChI is InChI=1S/C14H20F3NO/c1-11-4-6-12(7-5-11)13(9-18)3-2-8-19-10-14(15,16)17/h4-7,13H,2-3,8-10,18H2,1H3. The highest BCUT2D eigenvalue weighted by Gasteiger charge is 2.27. The smallest absolute Gasteiger partial charge is 0.372 e. The highest BCUT2D eigenvalue weighted by atomic mass is 19.4. The average molecular weight is 275 g/mol. The molecule has 0 amide bonds. The van der Waals surface area contributed by atoms with Gasteiger partial charge in [-0.05, 0) is 37.8 Å². The van der Waals surface area contributed by atoms with Crippen LogP contribution >= 0.6 is 0 Å². The van der Waals surface area contributed by atoms with Gasteiger partial charge >= 0.3 is 6.18 Å². The van der Waals surface area contributed by atoms with Crippen LogP contribution in [-0.2, 0) is 4.74 Å². The quantitative estimate of drug-likeness (QED) is 0.774. The van der Waals surface area contributed by atoms with Crippen LogP contribution < -0.4 is 5.73 Å². The Hall–Kier alpha value is -1.07. The molecule has 0 heterocycles. The molecule has 1 atom stereocenters. The number of ether oxygens (including phenoxy) is 1. The number of hydrogen-bond donors (Lipinski definition) is 1. The summed E-state index contributed by atoms with van der Waals surface area (Å²) in [5, 5.41) is 0. The predicted octanol–water partition coefficient (Wildman–Crippen LogP) is 3.40. The Bertz CT molecular complexity index is 362. The monoisotopic (exact) mass is 275 g/mol. The molecular weight excluding hydrogens is 255 g/mol. The van der Waals surface area contributed by atoms with Gasteiger partial charge in [0.2, 0.25) is 0 Å². The van der Waals surface area contributed by atoms with Gasteiger partial charge in [-0.3, -0.25) is 0 Å². The van der Waals surface area contributed by atoms with Crippen molar-refractivity contribution in [3.63, 3.8) is 0 Å². The van der Waals surface area contributed by atoms with Crippen molar-refractivity contribution in [3.05, 3.63) is 35.4 Å². The first kappa shape index (κ1) is 16.0. The molecule has 5 heteroatoms. The fraction of sp³-hybridized carbons (Fsp3) is 0.571. The molecule has 0 aliphatic carbocycles. The van der Waals surface area contributed by atoms with E-state index >= 15 is 0 Å². The lowest BCUT2D eigenvalue weighted by atomic mass is 9.94. The van der Waals surface area contributed by atoms with E-state index in [1.807, 2.05) is 31.2 Å². The minimum atomic E-state index is -4.25. The Morgan fingerprint density at radius 3 is 2.37 bits per heavy atom. The summed E-state index contributed by atoms with van der Waals surface area (Å²) in [6, 6.07) is 8.06. The van der Waals surface area contributed by atoms with Crippen molar-refractivity contribution >= 4 is 0 Å². The molecule has 0 saturated heterocycles. The third-order valence-electron chi connectivity index (χ3n) is 2.94. The first-order valence-corrected chi connectivity index (χ1v) is 6.33. The van der Waals surface area contributed by atoms with E-state index in [-0.39, 0.29) is 12.5 Å². The Kier molecular flexibility index (Phi) is 6.31. The van der Waals surface area contributed by atoms with Crippen molar-refractivity contribution in [1.82, 2.24) is 0 Å². The van der Waals surface area contributed by atoms with Gasteiger partial charge in [0.05, 0.1) is 0 Å². The zero-order valence-corrected chi connectivity index (χ0v) is 11.0. The van der Waals surface area contributed by atoms with Crippen LogP contribution in [0.4, 0.5) is 13.2 Å². The normalized spacial score (nSPS) is 13.5. The second kappa shape index (κ2) is 7.50. The molecule has 1 unspecified atom stereocenters. The van der Waals surface area contributed by atoms with Crippen LogP contribution in [0.3, 0.4) is 0 Å². The predicted molar refractivity (Wildman–Crippen MR) is 69.1 cm³/mol. The van der Waals surface area contributed by atoms with Crippen LogP contribution in [0.25, 0.3) is 0 Å². The fourth-order valence-electron chi connectivity index (χ4n) is 1.88. The summed E-state index contributed by atoms with van der Waals surface area (Å²) in [5.74, 6) is 0.176. The highest BCUT2D eigenvalue weighted by molar-refractivity contribution is 5.24. The summed E-state index contributed by atoms with van der Waals surface area (Å²) >= 11 is 0. The van der Waals surface area contributed by atoms with Crippen molar-refractivity contribution in [2.24, 2.45) is 5.73 Å². The number of rotatable bonds is 7. The summed E-state index contributed by atoms with van der Waals surface area (Å²) in [5.41, 5.74) is 8.01. The molecule has 0 fully saturated rings. The van der Waals surface area contributed by atoms with Gasteiger partial charge in [0.1, 0.15) is 6.61 Å². The third-order valence-corrected chi connectivity index (χ3v) is 2.94. The molecule has 0 aliphatic heterocycles. The van der Waals surface area contributed by atoms with Gasteiger partial charge in [0, 0.05) is 6.61 Å². The number of nitrogens with two attached hydrogens (primary N) is 1. The van der Waals surface area contributed by atoms with E-state index in [2.05, 4.69) is 4.74 Å². The molecule has 0 spiro atoms. The number of benzene rings is 1. The fourth-order valence-corrected chi connectivity index (χ4v) is 1.88. The van der Waals surface area contributed by atoms with Gasteiger partial charge in [-0.15, -0.1) is 0 Å². The molecule has 1 rings (SSSR count). The molecule has 0 aliphatic rings. The summed E-state index contributed by atoms with van der Waals surface area (Å²) in [4.78, 5) is 0. The molecule has 19 heavy (non-hydrogen) atoms. The minimum absolute atomic E-state index is 0.113. The van der Waals surface area contributed by atoms with Crippen molar-refractivity contribution in [3.8, 4) is 0 Å². The van der Waals surface area contributed by atoms with Crippen molar-refractivity contribution in [2.75, 3.05) is 19.8 Å². The van der Waals surface area contributed by atoms with Gasteiger partial charge in [0.25, 0.3) is 0 Å². The lowest BCUT2D eigenvalue weighted by Crippen LogP contribution is -2.18. The van der Waals surface area contributed by atoms with Gasteiger partial charge in [-0.1, -0.05) is 29.8 Å². The van der Waals surface area contributed by atoms with E-state index < -0.39 is 12.8 Å². The van der Waals surface area contributed by atoms with Crippen molar-refractivity contribution in [1.29, 1.82) is 0 Å². The lowest BCUT2D eigenvalue weighted by molar-refractivity contribution is -0.174. The Labute approximate surface area is 111 Å². The van der Waals surface area contributed by atoms with E-state index in [0.717, 1.165) is 12.0 Å². The second-order valence-corrected chi connectivity index (χ2v) is 4.65. The Morgan fingerprint density at radius 2 is 1.84 bits per heavy atom. The van der Waals surface area contributed by atoms with Gasteiger partial charge in [0.15, 0.2) is 0 Å². The van der Waals surface area contributed by atoms with Crippen LogP contribution in [0.15, 0.2) is 24.3 Å². The number of hydrogen-bond acceptors (Lipinski definition) is 2. The van der Waals surface area contributed by atoms with Gasteiger partial charge in [-0.25, -0.2) is 0 Å². The maximum atomic E-state index is 11.9. The first-order chi connectivity index (χ1) is 8.92. The summed E-state index contributed by atoms with van der Waals surface area (Å²) in [7, 11) is 0. The van der Waals surface area contributed by atoms with Crippen LogP contribution in [0, 0.1) is 6.92 Å². The largest absolute Gasteiger partial charge is 0.411 e.